The van der Waals surface area contributed by atoms with Gasteiger partial charge in [0, 0.05) is 5.41 Å². The highest BCUT2D eigenvalue weighted by atomic mass is 16.5. The average Bonchev–Trinajstić information content (AvgIpc) is 2.92. The van der Waals surface area contributed by atoms with Crippen LogP contribution in [-0.2, 0) is 16.6 Å². The van der Waals surface area contributed by atoms with Crippen LogP contribution in [-0.4, -0.2) is 37.3 Å². The first-order chi connectivity index (χ1) is 13.1. The number of piperidine rings is 1. The second-order valence-electron chi connectivity index (χ2n) is 7.51. The van der Waals surface area contributed by atoms with E-state index in [0.29, 0.717) is 0 Å². The van der Waals surface area contributed by atoms with Gasteiger partial charge in [-0.25, -0.2) is 0 Å². The number of carbonyl (C=O) groups is 1. The molecule has 0 saturated carbocycles. The van der Waals surface area contributed by atoms with Gasteiger partial charge in [-0.3, -0.25) is 4.79 Å². The van der Waals surface area contributed by atoms with Crippen molar-refractivity contribution in [3.8, 4) is 5.75 Å². The summed E-state index contributed by atoms with van der Waals surface area (Å²) >= 11 is 0. The maximum absolute atomic E-state index is 12.7. The molecule has 0 unspecified atom stereocenters. The van der Waals surface area contributed by atoms with Crippen molar-refractivity contribution in [2.24, 2.45) is 0 Å². The Morgan fingerprint density at radius 3 is 2.78 bits per heavy atom. The standard InChI is InChI=1S/C22H26N2O3/c1-27-16-6-4-5-15(13-16)14-19(25)24-20-17-7-2-3-8-18(17)22(21(20)26)9-11-23-12-10-22/h2-8,13,20-21,23,26H,9-12,14H2,1H3,(H,24,25)/t20-,21+/m1/s1. The number of benzene rings is 2. The molecule has 1 aliphatic carbocycles. The summed E-state index contributed by atoms with van der Waals surface area (Å²) in [6.45, 7) is 1.77. The molecule has 5 nitrogen and oxygen atoms in total. The molecule has 1 amide bonds. The van der Waals surface area contributed by atoms with Gasteiger partial charge < -0.3 is 20.5 Å². The van der Waals surface area contributed by atoms with Gasteiger partial charge in [0.05, 0.1) is 25.7 Å². The van der Waals surface area contributed by atoms with E-state index in [2.05, 4.69) is 16.7 Å². The van der Waals surface area contributed by atoms with E-state index in [9.17, 15) is 9.90 Å². The van der Waals surface area contributed by atoms with Crippen LogP contribution < -0.4 is 15.4 Å². The highest BCUT2D eigenvalue weighted by Crippen LogP contribution is 2.49. The minimum atomic E-state index is -0.605. The number of carbonyl (C=O) groups excluding carboxylic acids is 1. The number of methoxy groups -OCH3 is 1. The van der Waals surface area contributed by atoms with Crippen LogP contribution in [0.3, 0.4) is 0 Å². The second kappa shape index (κ2) is 7.33. The summed E-state index contributed by atoms with van der Waals surface area (Å²) in [4.78, 5) is 12.7. The smallest absolute Gasteiger partial charge is 0.224 e. The van der Waals surface area contributed by atoms with E-state index >= 15 is 0 Å². The molecule has 2 aliphatic rings. The SMILES string of the molecule is COc1cccc(CC(=O)N[C@@H]2c3ccccc3C3(CCNCC3)[C@H]2O)c1. The summed E-state index contributed by atoms with van der Waals surface area (Å²) in [5.41, 5.74) is 2.86. The third-order valence-corrected chi connectivity index (χ3v) is 6.03. The number of nitrogens with one attached hydrogen (secondary N) is 2. The fourth-order valence-electron chi connectivity index (χ4n) is 4.66. The Balaban J connectivity index is 1.55. The lowest BCUT2D eigenvalue weighted by molar-refractivity contribution is -0.122. The van der Waals surface area contributed by atoms with Gasteiger partial charge in [0.15, 0.2) is 0 Å². The van der Waals surface area contributed by atoms with Crippen molar-refractivity contribution in [1.82, 2.24) is 10.6 Å². The number of aliphatic hydroxyl groups excluding tert-OH is 1. The van der Waals surface area contributed by atoms with E-state index in [1.807, 2.05) is 42.5 Å². The van der Waals surface area contributed by atoms with E-state index in [4.69, 9.17) is 4.74 Å². The first-order valence-corrected chi connectivity index (χ1v) is 9.54. The molecule has 4 rings (SSSR count). The van der Waals surface area contributed by atoms with Crippen molar-refractivity contribution in [3.63, 3.8) is 0 Å². The lowest BCUT2D eigenvalue weighted by Crippen LogP contribution is -2.48. The first-order valence-electron chi connectivity index (χ1n) is 9.54. The van der Waals surface area contributed by atoms with Gasteiger partial charge in [0.25, 0.3) is 0 Å². The van der Waals surface area contributed by atoms with Crippen molar-refractivity contribution in [3.05, 3.63) is 65.2 Å². The molecule has 0 radical (unpaired) electrons. The molecule has 1 aliphatic heterocycles. The van der Waals surface area contributed by atoms with E-state index in [-0.39, 0.29) is 23.8 Å². The van der Waals surface area contributed by atoms with Gasteiger partial charge in [0.2, 0.25) is 5.91 Å². The third kappa shape index (κ3) is 3.22. The van der Waals surface area contributed by atoms with Gasteiger partial charge >= 0.3 is 0 Å². The Bertz CT molecular complexity index is 830. The molecule has 1 saturated heterocycles. The molecule has 1 fully saturated rings. The lowest BCUT2D eigenvalue weighted by Gasteiger charge is -2.38. The number of hydrogen-bond acceptors (Lipinski definition) is 4. The van der Waals surface area contributed by atoms with Crippen molar-refractivity contribution < 1.29 is 14.6 Å². The molecule has 2 aromatic rings. The molecule has 0 bridgehead atoms. The number of amides is 1. The molecule has 27 heavy (non-hydrogen) atoms. The van der Waals surface area contributed by atoms with E-state index in [1.54, 1.807) is 7.11 Å². The van der Waals surface area contributed by atoms with E-state index in [1.165, 1.54) is 5.56 Å². The molecule has 3 N–H and O–H groups in total. The average molecular weight is 366 g/mol. The molecule has 0 aromatic heterocycles. The molecule has 142 valence electrons. The predicted molar refractivity (Wildman–Crippen MR) is 104 cm³/mol. The topological polar surface area (TPSA) is 70.6 Å². The number of fused-ring (bicyclic) bond motifs is 2. The maximum atomic E-state index is 12.7. The summed E-state index contributed by atoms with van der Waals surface area (Å²) in [6, 6.07) is 15.3. The van der Waals surface area contributed by atoms with E-state index in [0.717, 1.165) is 42.8 Å². The summed E-state index contributed by atoms with van der Waals surface area (Å²) in [5, 5.41) is 17.7. The van der Waals surface area contributed by atoms with Gasteiger partial charge in [-0.1, -0.05) is 36.4 Å². The minimum absolute atomic E-state index is 0.0897. The van der Waals surface area contributed by atoms with Gasteiger partial charge in [0.1, 0.15) is 5.75 Å². The fraction of sp³-hybridized carbons (Fsp3) is 0.409. The summed E-state index contributed by atoms with van der Waals surface area (Å²) < 4.78 is 5.23. The third-order valence-electron chi connectivity index (χ3n) is 6.03. The zero-order chi connectivity index (χ0) is 18.9. The van der Waals surface area contributed by atoms with Gasteiger partial charge in [-0.15, -0.1) is 0 Å². The molecule has 5 heteroatoms. The van der Waals surface area contributed by atoms with Crippen LogP contribution in [0, 0.1) is 0 Å². The monoisotopic (exact) mass is 366 g/mol. The molecule has 2 aromatic carbocycles. The Morgan fingerprint density at radius 2 is 2.00 bits per heavy atom. The maximum Gasteiger partial charge on any atom is 0.224 e. The number of hydrogen-bond donors (Lipinski definition) is 3. The Kier molecular flexibility index (Phi) is 4.89. The first kappa shape index (κ1) is 18.0. The van der Waals surface area contributed by atoms with Crippen molar-refractivity contribution >= 4 is 5.91 Å². The highest BCUT2D eigenvalue weighted by Gasteiger charge is 2.51. The lowest BCUT2D eigenvalue weighted by atomic mass is 9.72. The van der Waals surface area contributed by atoms with Crippen LogP contribution in [0.1, 0.15) is 35.6 Å². The van der Waals surface area contributed by atoms with Gasteiger partial charge in [-0.05, 0) is 54.8 Å². The Labute approximate surface area is 159 Å². The second-order valence-corrected chi connectivity index (χ2v) is 7.51. The Morgan fingerprint density at radius 1 is 1.22 bits per heavy atom. The van der Waals surface area contributed by atoms with Crippen LogP contribution >= 0.6 is 0 Å². The number of aliphatic hydroxyl groups is 1. The van der Waals surface area contributed by atoms with Crippen LogP contribution in [0.2, 0.25) is 0 Å². The van der Waals surface area contributed by atoms with Crippen LogP contribution in [0.25, 0.3) is 0 Å². The predicted octanol–water partition coefficient (Wildman–Crippen LogP) is 2.09. The molecule has 1 heterocycles. The summed E-state index contributed by atoms with van der Waals surface area (Å²) in [5.74, 6) is 0.647. The van der Waals surface area contributed by atoms with Crippen LogP contribution in [0.15, 0.2) is 48.5 Å². The largest absolute Gasteiger partial charge is 0.497 e. The minimum Gasteiger partial charge on any atom is -0.497 e. The zero-order valence-corrected chi connectivity index (χ0v) is 15.6. The summed E-state index contributed by atoms with van der Waals surface area (Å²) in [7, 11) is 1.61. The van der Waals surface area contributed by atoms with Crippen molar-refractivity contribution in [2.45, 2.75) is 36.8 Å². The fourth-order valence-corrected chi connectivity index (χ4v) is 4.66. The number of ether oxygens (including phenoxy) is 1. The highest BCUT2D eigenvalue weighted by molar-refractivity contribution is 5.79. The van der Waals surface area contributed by atoms with E-state index < -0.39 is 6.10 Å². The molecule has 2 atom stereocenters. The quantitative estimate of drug-likeness (QED) is 0.775. The molecular formula is C22H26N2O3. The van der Waals surface area contributed by atoms with Crippen LogP contribution in [0.5, 0.6) is 5.75 Å². The molecular weight excluding hydrogens is 340 g/mol. The number of rotatable bonds is 4. The van der Waals surface area contributed by atoms with Crippen LogP contribution in [0.4, 0.5) is 0 Å². The zero-order valence-electron chi connectivity index (χ0n) is 15.6. The van der Waals surface area contributed by atoms with Crippen molar-refractivity contribution in [1.29, 1.82) is 0 Å². The Hall–Kier alpha value is -2.37. The molecule has 1 spiro atoms. The summed E-state index contributed by atoms with van der Waals surface area (Å²) in [6.07, 6.45) is 1.42. The van der Waals surface area contributed by atoms with Crippen molar-refractivity contribution in [2.75, 3.05) is 20.2 Å². The normalized spacial score (nSPS) is 23.0. The van der Waals surface area contributed by atoms with Gasteiger partial charge in [-0.2, -0.15) is 0 Å².